The maximum Gasteiger partial charge on any atom is 0.264 e. The van der Waals surface area contributed by atoms with Gasteiger partial charge in [-0.15, -0.1) is 0 Å². The van der Waals surface area contributed by atoms with Gasteiger partial charge in [0.2, 0.25) is 0 Å². The predicted molar refractivity (Wildman–Crippen MR) is 82.3 cm³/mol. The molecule has 0 spiro atoms. The highest BCUT2D eigenvalue weighted by Gasteiger charge is 2.35. The van der Waals surface area contributed by atoms with Gasteiger partial charge in [0.25, 0.3) is 11.8 Å². The van der Waals surface area contributed by atoms with E-state index in [9.17, 15) is 19.8 Å². The van der Waals surface area contributed by atoms with Gasteiger partial charge in [-0.05, 0) is 18.9 Å². The van der Waals surface area contributed by atoms with Crippen LogP contribution in [0.4, 0.5) is 0 Å². The minimum Gasteiger partial charge on any atom is -0.507 e. The van der Waals surface area contributed by atoms with Crippen molar-refractivity contribution in [1.29, 1.82) is 0 Å². The molecule has 0 atom stereocenters. The predicted octanol–water partition coefficient (Wildman–Crippen LogP) is 2.82. The van der Waals surface area contributed by atoms with Crippen molar-refractivity contribution in [3.8, 4) is 11.5 Å². The molecule has 1 heterocycles. The van der Waals surface area contributed by atoms with Crippen LogP contribution in [-0.2, 0) is 6.42 Å². The Bertz CT molecular complexity index is 810. The molecule has 114 valence electrons. The Morgan fingerprint density at radius 1 is 1.09 bits per heavy atom. The fourth-order valence-corrected chi connectivity index (χ4v) is 2.98. The number of nitrogens with zero attached hydrogens (tertiary/aromatic N) is 1. The van der Waals surface area contributed by atoms with Gasteiger partial charge in [-0.3, -0.25) is 14.5 Å². The molecule has 0 saturated carbocycles. The van der Waals surface area contributed by atoms with Crippen molar-refractivity contribution in [1.82, 2.24) is 4.90 Å². The van der Waals surface area contributed by atoms with Crippen LogP contribution in [0, 0.1) is 0 Å². The van der Waals surface area contributed by atoms with E-state index in [0.29, 0.717) is 28.3 Å². The van der Waals surface area contributed by atoms with Crippen molar-refractivity contribution < 1.29 is 19.8 Å². The lowest BCUT2D eigenvalue weighted by Gasteiger charge is -2.26. The summed E-state index contributed by atoms with van der Waals surface area (Å²) < 4.78 is 0. The maximum atomic E-state index is 12.4. The van der Waals surface area contributed by atoms with Crippen LogP contribution in [0.2, 0.25) is 0 Å². The molecular formula is C17H17NO4. The Hall–Kier alpha value is -2.56. The molecule has 0 fully saturated rings. The third-order valence-corrected chi connectivity index (χ3v) is 4.21. The first-order valence-electron chi connectivity index (χ1n) is 7.30. The lowest BCUT2D eigenvalue weighted by molar-refractivity contribution is 0.0649. The van der Waals surface area contributed by atoms with Crippen LogP contribution < -0.4 is 0 Å². The Kier molecular flexibility index (Phi) is 3.28. The third kappa shape index (κ3) is 1.78. The van der Waals surface area contributed by atoms with E-state index in [1.807, 2.05) is 6.92 Å². The molecule has 2 aromatic carbocycles. The summed E-state index contributed by atoms with van der Waals surface area (Å²) in [5, 5.41) is 21.8. The molecule has 5 nitrogen and oxygen atoms in total. The quantitative estimate of drug-likeness (QED) is 0.854. The van der Waals surface area contributed by atoms with Gasteiger partial charge >= 0.3 is 0 Å². The number of hydrogen-bond donors (Lipinski definition) is 2. The van der Waals surface area contributed by atoms with E-state index in [4.69, 9.17) is 0 Å². The van der Waals surface area contributed by atoms with Crippen LogP contribution in [0.5, 0.6) is 11.5 Å². The first-order chi connectivity index (χ1) is 10.5. The summed E-state index contributed by atoms with van der Waals surface area (Å²) in [5.74, 6) is -1.22. The molecule has 0 bridgehead atoms. The largest absolute Gasteiger partial charge is 0.507 e. The zero-order valence-corrected chi connectivity index (χ0v) is 12.5. The van der Waals surface area contributed by atoms with Crippen LogP contribution in [0.15, 0.2) is 18.2 Å². The lowest BCUT2D eigenvalue weighted by atomic mass is 9.89. The average Bonchev–Trinajstić information content (AvgIpc) is 2.52. The summed E-state index contributed by atoms with van der Waals surface area (Å²) in [6.45, 7) is 2.01. The molecule has 0 aliphatic carbocycles. The smallest absolute Gasteiger partial charge is 0.264 e. The van der Waals surface area contributed by atoms with E-state index in [2.05, 4.69) is 0 Å². The standard InChI is InChI=1S/C17H17NO4/c1-3-4-6-11-14(19)9-7-5-8-10-12(9)13(15(11)20)17(22)18(2)16(10)21/h5,7-8,19-20H,3-4,6H2,1-2H3. The zero-order valence-electron chi connectivity index (χ0n) is 12.5. The van der Waals surface area contributed by atoms with Crippen LogP contribution in [0.25, 0.3) is 10.8 Å². The van der Waals surface area contributed by atoms with Gasteiger partial charge in [0.1, 0.15) is 11.5 Å². The van der Waals surface area contributed by atoms with Crippen LogP contribution >= 0.6 is 0 Å². The second kappa shape index (κ2) is 5.02. The highest BCUT2D eigenvalue weighted by atomic mass is 16.3. The fourth-order valence-electron chi connectivity index (χ4n) is 2.98. The van der Waals surface area contributed by atoms with Gasteiger partial charge in [-0.25, -0.2) is 0 Å². The third-order valence-electron chi connectivity index (χ3n) is 4.21. The number of phenols is 2. The number of aromatic hydroxyl groups is 2. The highest BCUT2D eigenvalue weighted by Crippen LogP contribution is 2.44. The van der Waals surface area contributed by atoms with Crippen molar-refractivity contribution in [3.05, 3.63) is 34.9 Å². The van der Waals surface area contributed by atoms with Crippen molar-refractivity contribution >= 4 is 22.6 Å². The number of amides is 2. The van der Waals surface area contributed by atoms with Crippen molar-refractivity contribution in [2.75, 3.05) is 7.05 Å². The minimum absolute atomic E-state index is 0.0447. The van der Waals surface area contributed by atoms with Gasteiger partial charge < -0.3 is 10.2 Å². The Morgan fingerprint density at radius 2 is 1.82 bits per heavy atom. The van der Waals surface area contributed by atoms with E-state index >= 15 is 0 Å². The monoisotopic (exact) mass is 299 g/mol. The maximum absolute atomic E-state index is 12.4. The van der Waals surface area contributed by atoms with Crippen LogP contribution in [0.3, 0.4) is 0 Å². The van der Waals surface area contributed by atoms with E-state index in [0.717, 1.165) is 17.7 Å². The summed E-state index contributed by atoms with van der Waals surface area (Å²) in [5.41, 5.74) is 0.802. The van der Waals surface area contributed by atoms with Crippen molar-refractivity contribution in [2.24, 2.45) is 0 Å². The van der Waals surface area contributed by atoms with Gasteiger partial charge in [-0.1, -0.05) is 25.5 Å². The average molecular weight is 299 g/mol. The highest BCUT2D eigenvalue weighted by molar-refractivity contribution is 6.27. The topological polar surface area (TPSA) is 77.8 Å². The summed E-state index contributed by atoms with van der Waals surface area (Å²) in [7, 11) is 1.39. The second-order valence-electron chi connectivity index (χ2n) is 5.55. The second-order valence-corrected chi connectivity index (χ2v) is 5.55. The molecule has 3 rings (SSSR count). The SMILES string of the molecule is CCCCc1c(O)c2c3c(cccc3c1O)C(=O)N(C)C2=O. The molecule has 0 radical (unpaired) electrons. The molecule has 0 aromatic heterocycles. The summed E-state index contributed by atoms with van der Waals surface area (Å²) in [6.07, 6.45) is 2.17. The van der Waals surface area contributed by atoms with E-state index in [1.165, 1.54) is 7.05 Å². The fraction of sp³-hybridized carbons (Fsp3) is 0.294. The molecule has 2 aromatic rings. The zero-order chi connectivity index (χ0) is 16.0. The first-order valence-corrected chi connectivity index (χ1v) is 7.30. The number of unbranched alkanes of at least 4 members (excludes halogenated alkanes) is 1. The number of benzene rings is 2. The number of phenolic OH excluding ortho intramolecular Hbond substituents is 2. The molecule has 1 aliphatic heterocycles. The number of imide groups is 1. The Morgan fingerprint density at radius 3 is 2.50 bits per heavy atom. The van der Waals surface area contributed by atoms with Gasteiger partial charge in [0.05, 0.1) is 5.56 Å². The van der Waals surface area contributed by atoms with Crippen molar-refractivity contribution in [3.63, 3.8) is 0 Å². The van der Waals surface area contributed by atoms with Gasteiger partial charge in [0.15, 0.2) is 0 Å². The molecule has 0 saturated heterocycles. The van der Waals surface area contributed by atoms with Crippen LogP contribution in [-0.4, -0.2) is 34.0 Å². The van der Waals surface area contributed by atoms with E-state index in [-0.39, 0.29) is 17.1 Å². The van der Waals surface area contributed by atoms with E-state index < -0.39 is 11.8 Å². The molecule has 1 aliphatic rings. The number of hydrogen-bond acceptors (Lipinski definition) is 4. The molecule has 2 amide bonds. The summed E-state index contributed by atoms with van der Waals surface area (Å²) >= 11 is 0. The van der Waals surface area contributed by atoms with E-state index in [1.54, 1.807) is 18.2 Å². The molecule has 22 heavy (non-hydrogen) atoms. The number of carbonyl (C=O) groups is 2. The molecular weight excluding hydrogens is 282 g/mol. The molecule has 2 N–H and O–H groups in total. The Balaban J connectivity index is 2.42. The molecule has 5 heteroatoms. The van der Waals surface area contributed by atoms with Gasteiger partial charge in [0, 0.05) is 28.9 Å². The minimum atomic E-state index is -0.538. The summed E-state index contributed by atoms with van der Waals surface area (Å²) in [4.78, 5) is 25.7. The van der Waals surface area contributed by atoms with Gasteiger partial charge in [-0.2, -0.15) is 0 Å². The van der Waals surface area contributed by atoms with Crippen LogP contribution in [0.1, 0.15) is 46.0 Å². The van der Waals surface area contributed by atoms with Crippen molar-refractivity contribution in [2.45, 2.75) is 26.2 Å². The first kappa shape index (κ1) is 14.4. The number of rotatable bonds is 3. The summed E-state index contributed by atoms with van der Waals surface area (Å²) in [6, 6.07) is 4.93. The number of carbonyl (C=O) groups excluding carboxylic acids is 2. The molecule has 0 unspecified atom stereocenters. The Labute approximate surface area is 127 Å². The normalized spacial score (nSPS) is 14.0. The lowest BCUT2D eigenvalue weighted by Crippen LogP contribution is -2.37.